The highest BCUT2D eigenvalue weighted by molar-refractivity contribution is 8.00. The van der Waals surface area contributed by atoms with Gasteiger partial charge in [0.2, 0.25) is 0 Å². The second-order valence-corrected chi connectivity index (χ2v) is 10.4. The van der Waals surface area contributed by atoms with E-state index in [2.05, 4.69) is 83.1 Å². The van der Waals surface area contributed by atoms with Crippen molar-refractivity contribution >= 4 is 46.7 Å². The van der Waals surface area contributed by atoms with E-state index in [-0.39, 0.29) is 0 Å². The summed E-state index contributed by atoms with van der Waals surface area (Å²) in [6, 6.07) is 17.5. The third-order valence-electron chi connectivity index (χ3n) is 4.76. The molecule has 27 heavy (non-hydrogen) atoms. The highest BCUT2D eigenvalue weighted by Crippen LogP contribution is 2.31. The molecule has 2 aliphatic heterocycles. The summed E-state index contributed by atoms with van der Waals surface area (Å²) in [6.45, 7) is 2.30. The molecule has 0 amide bonds. The monoisotopic (exact) mass is 418 g/mol. The fourth-order valence-electron chi connectivity index (χ4n) is 3.07. The zero-order chi connectivity index (χ0) is 18.6. The molecule has 144 valence electrons. The molecule has 4 rings (SSSR count). The van der Waals surface area contributed by atoms with E-state index in [0.29, 0.717) is 11.0 Å². The molecule has 0 bridgehead atoms. The molecule has 4 nitrogen and oxygen atoms in total. The number of anilines is 2. The normalized spacial score (nSPS) is 23.6. The van der Waals surface area contributed by atoms with Gasteiger partial charge in [0.05, 0.1) is 0 Å². The van der Waals surface area contributed by atoms with Gasteiger partial charge < -0.3 is 10.6 Å². The Labute approximate surface area is 174 Å². The van der Waals surface area contributed by atoms with Gasteiger partial charge >= 0.3 is 0 Å². The van der Waals surface area contributed by atoms with E-state index in [4.69, 9.17) is 0 Å². The molecule has 7 heteroatoms. The van der Waals surface area contributed by atoms with Crippen LogP contribution in [-0.2, 0) is 0 Å². The van der Waals surface area contributed by atoms with Crippen molar-refractivity contribution in [2.24, 2.45) is 0 Å². The molecule has 2 unspecified atom stereocenters. The minimum absolute atomic E-state index is 0.389. The van der Waals surface area contributed by atoms with Gasteiger partial charge in [0.15, 0.2) is 0 Å². The number of thioether (sulfide) groups is 2. The third kappa shape index (κ3) is 5.09. The van der Waals surface area contributed by atoms with E-state index in [0.717, 1.165) is 13.1 Å². The van der Waals surface area contributed by atoms with Crippen molar-refractivity contribution < 1.29 is 0 Å². The molecule has 2 atom stereocenters. The van der Waals surface area contributed by atoms with E-state index < -0.39 is 0 Å². The molecule has 2 aromatic rings. The van der Waals surface area contributed by atoms with Crippen LogP contribution in [0.5, 0.6) is 0 Å². The molecule has 0 aromatic heterocycles. The van der Waals surface area contributed by atoms with Crippen molar-refractivity contribution in [2.75, 3.05) is 49.3 Å². The molecule has 0 spiro atoms. The molecule has 0 saturated carbocycles. The maximum atomic E-state index is 3.59. The van der Waals surface area contributed by atoms with Crippen molar-refractivity contribution in [3.63, 3.8) is 0 Å². The van der Waals surface area contributed by atoms with Gasteiger partial charge in [-0.2, -0.15) is 0 Å². The zero-order valence-electron chi connectivity index (χ0n) is 15.7. The Hall–Kier alpha value is -0.990. The van der Waals surface area contributed by atoms with Crippen LogP contribution in [0.1, 0.15) is 0 Å². The lowest BCUT2D eigenvalue weighted by Gasteiger charge is -2.21. The maximum Gasteiger partial charge on any atom is 0.128 e. The van der Waals surface area contributed by atoms with Crippen molar-refractivity contribution in [3.8, 4) is 0 Å². The van der Waals surface area contributed by atoms with Crippen molar-refractivity contribution in [1.29, 1.82) is 0 Å². The summed E-state index contributed by atoms with van der Waals surface area (Å²) in [6.07, 6.45) is 0. The van der Waals surface area contributed by atoms with Crippen LogP contribution >= 0.6 is 35.3 Å². The van der Waals surface area contributed by atoms with Gasteiger partial charge in [-0.1, -0.05) is 11.8 Å². The van der Waals surface area contributed by atoms with Gasteiger partial charge in [-0.05, 0) is 62.6 Å². The number of nitrogens with one attached hydrogen (secondary N) is 2. The first kappa shape index (κ1) is 19.3. The fourth-order valence-corrected chi connectivity index (χ4v) is 6.28. The van der Waals surface area contributed by atoms with Crippen LogP contribution in [0.15, 0.2) is 58.3 Å². The molecule has 2 aliphatic rings. The van der Waals surface area contributed by atoms with E-state index in [1.165, 1.54) is 32.7 Å². The summed E-state index contributed by atoms with van der Waals surface area (Å²) < 4.78 is 0. The largest absolute Gasteiger partial charge is 0.361 e. The summed E-state index contributed by atoms with van der Waals surface area (Å²) >= 11 is 5.73. The average Bonchev–Trinajstić information content (AvgIpc) is 3.27. The number of hydrogen-bond donors (Lipinski definition) is 2. The lowest BCUT2D eigenvalue weighted by molar-refractivity contribution is 0.375. The van der Waals surface area contributed by atoms with Crippen molar-refractivity contribution in [3.05, 3.63) is 48.5 Å². The summed E-state index contributed by atoms with van der Waals surface area (Å²) in [5.41, 5.74) is 3.15. The smallest absolute Gasteiger partial charge is 0.128 e. The van der Waals surface area contributed by atoms with Gasteiger partial charge in [0.25, 0.3) is 0 Å². The Morgan fingerprint density at radius 3 is 1.48 bits per heavy atom. The Morgan fingerprint density at radius 2 is 1.15 bits per heavy atom. The van der Waals surface area contributed by atoms with E-state index in [1.54, 1.807) is 11.8 Å². The van der Waals surface area contributed by atoms with E-state index >= 15 is 0 Å². The number of benzene rings is 2. The third-order valence-corrected chi connectivity index (χ3v) is 8.20. The zero-order valence-corrected chi connectivity index (χ0v) is 18.2. The van der Waals surface area contributed by atoms with Gasteiger partial charge in [0.1, 0.15) is 11.0 Å². The highest BCUT2D eigenvalue weighted by Gasteiger charge is 2.21. The number of hydrogen-bond acceptors (Lipinski definition) is 7. The molecular formula is C20H26N4S3. The first-order valence-corrected chi connectivity index (χ1v) is 12.1. The van der Waals surface area contributed by atoms with Crippen molar-refractivity contribution in [1.82, 2.24) is 9.80 Å². The van der Waals surface area contributed by atoms with Gasteiger partial charge in [0, 0.05) is 45.8 Å². The van der Waals surface area contributed by atoms with Crippen LogP contribution in [0.25, 0.3) is 0 Å². The standard InChI is InChI=1S/C20H26N4S3/c1-23-11-13-25-19(23)21-15-3-7-17(8-4-15)27-18-9-5-16(6-10-18)22-20-24(2)12-14-26-20/h3-10,19-22H,11-14H2,1-2H3. The van der Waals surface area contributed by atoms with Gasteiger partial charge in [-0.25, -0.2) is 0 Å². The minimum Gasteiger partial charge on any atom is -0.361 e. The molecular weight excluding hydrogens is 392 g/mol. The number of rotatable bonds is 6. The summed E-state index contributed by atoms with van der Waals surface area (Å²) in [7, 11) is 4.34. The first-order chi connectivity index (χ1) is 13.2. The molecule has 0 radical (unpaired) electrons. The highest BCUT2D eigenvalue weighted by atomic mass is 32.2. The lowest BCUT2D eigenvalue weighted by atomic mass is 10.3. The second kappa shape index (κ2) is 9.01. The van der Waals surface area contributed by atoms with Gasteiger partial charge in [-0.15, -0.1) is 23.5 Å². The molecule has 2 N–H and O–H groups in total. The maximum absolute atomic E-state index is 3.59. The Kier molecular flexibility index (Phi) is 6.45. The molecule has 0 aliphatic carbocycles. The van der Waals surface area contributed by atoms with E-state index in [9.17, 15) is 0 Å². The Morgan fingerprint density at radius 1 is 0.741 bits per heavy atom. The molecule has 2 heterocycles. The lowest BCUT2D eigenvalue weighted by Crippen LogP contribution is -2.30. The minimum atomic E-state index is 0.389. The summed E-state index contributed by atoms with van der Waals surface area (Å²) in [5.74, 6) is 2.39. The fraction of sp³-hybridized carbons (Fsp3) is 0.400. The predicted octanol–water partition coefficient (Wildman–Crippen LogP) is 4.59. The van der Waals surface area contributed by atoms with Gasteiger partial charge in [-0.3, -0.25) is 9.80 Å². The van der Waals surface area contributed by atoms with Crippen LogP contribution in [0.2, 0.25) is 0 Å². The summed E-state index contributed by atoms with van der Waals surface area (Å²) in [4.78, 5) is 7.23. The van der Waals surface area contributed by atoms with Crippen LogP contribution in [0.4, 0.5) is 11.4 Å². The molecule has 2 saturated heterocycles. The van der Waals surface area contributed by atoms with Crippen LogP contribution in [-0.4, -0.2) is 59.5 Å². The van der Waals surface area contributed by atoms with E-state index in [1.807, 2.05) is 23.5 Å². The van der Waals surface area contributed by atoms with Crippen LogP contribution in [0.3, 0.4) is 0 Å². The Balaban J connectivity index is 1.32. The SMILES string of the molecule is CN1CCSC1Nc1ccc(Sc2ccc(NC3SCCN3C)cc2)cc1. The van der Waals surface area contributed by atoms with Crippen LogP contribution < -0.4 is 10.6 Å². The predicted molar refractivity (Wildman–Crippen MR) is 122 cm³/mol. The quantitative estimate of drug-likeness (QED) is 0.710. The second-order valence-electron chi connectivity index (χ2n) is 6.85. The van der Waals surface area contributed by atoms with Crippen LogP contribution in [0, 0.1) is 0 Å². The topological polar surface area (TPSA) is 30.5 Å². The summed E-state index contributed by atoms with van der Waals surface area (Å²) in [5, 5.41) is 7.18. The molecule has 2 aromatic carbocycles. The molecule has 2 fully saturated rings. The van der Waals surface area contributed by atoms with Crippen molar-refractivity contribution in [2.45, 2.75) is 20.8 Å². The first-order valence-electron chi connectivity index (χ1n) is 9.22. The average molecular weight is 419 g/mol. The Bertz CT molecular complexity index is 674. The number of nitrogens with zero attached hydrogens (tertiary/aromatic N) is 2.